The Bertz CT molecular complexity index is 1090. The molecule has 130 valence electrons. The van der Waals surface area contributed by atoms with E-state index in [1.807, 2.05) is 0 Å². The molecule has 4 aromatic rings. The Kier molecular flexibility index (Phi) is 4.24. The van der Waals surface area contributed by atoms with E-state index in [-0.39, 0.29) is 22.3 Å². The Morgan fingerprint density at radius 1 is 1.00 bits per heavy atom. The molecule has 0 saturated heterocycles. The van der Waals surface area contributed by atoms with E-state index < -0.39 is 12.2 Å². The molecule has 7 heteroatoms. The number of aromatic nitrogens is 3. The second kappa shape index (κ2) is 6.57. The van der Waals surface area contributed by atoms with E-state index in [0.717, 1.165) is 4.47 Å². The number of benzene rings is 2. The third-order valence-corrected chi connectivity index (χ3v) is 4.56. The van der Waals surface area contributed by atoms with E-state index in [4.69, 9.17) is 0 Å². The summed E-state index contributed by atoms with van der Waals surface area (Å²) in [6.45, 7) is 0. The molecule has 0 unspecified atom stereocenters. The monoisotopic (exact) mass is 417 g/mol. The molecule has 2 aromatic carbocycles. The largest absolute Gasteiger partial charge is 0.264 e. The molecule has 0 aliphatic rings. The minimum Gasteiger partial charge on any atom is -0.228 e. The van der Waals surface area contributed by atoms with Crippen molar-refractivity contribution in [2.24, 2.45) is 0 Å². The van der Waals surface area contributed by atoms with Gasteiger partial charge in [0.15, 0.2) is 5.65 Å². The zero-order valence-corrected chi connectivity index (χ0v) is 14.8. The predicted molar refractivity (Wildman–Crippen MR) is 96.9 cm³/mol. The lowest BCUT2D eigenvalue weighted by Crippen LogP contribution is -2.02. The summed E-state index contributed by atoms with van der Waals surface area (Å²) >= 11 is 3.34. The van der Waals surface area contributed by atoms with Crippen LogP contribution in [0.4, 0.5) is 13.2 Å². The lowest BCUT2D eigenvalue weighted by atomic mass is 10.1. The van der Waals surface area contributed by atoms with Crippen LogP contribution in [0.3, 0.4) is 0 Å². The first kappa shape index (κ1) is 16.8. The van der Waals surface area contributed by atoms with Gasteiger partial charge < -0.3 is 0 Å². The predicted octanol–water partition coefficient (Wildman–Crippen LogP) is 5.93. The average molecular weight is 418 g/mol. The molecule has 3 nitrogen and oxygen atoms in total. The van der Waals surface area contributed by atoms with Crippen molar-refractivity contribution in [3.8, 4) is 16.9 Å². The van der Waals surface area contributed by atoms with Crippen LogP contribution < -0.4 is 0 Å². The molecule has 0 aliphatic carbocycles. The summed E-state index contributed by atoms with van der Waals surface area (Å²) in [5.74, 6) is -0.507. The summed E-state index contributed by atoms with van der Waals surface area (Å²) in [5.41, 5.74) is 1.21. The van der Waals surface area contributed by atoms with Crippen LogP contribution in [-0.2, 0) is 0 Å². The number of hydrogen-bond acceptors (Lipinski definition) is 2. The Morgan fingerprint density at radius 3 is 2.42 bits per heavy atom. The van der Waals surface area contributed by atoms with Crippen LogP contribution in [-0.4, -0.2) is 14.8 Å². The van der Waals surface area contributed by atoms with Gasteiger partial charge in [-0.3, -0.25) is 0 Å². The molecule has 4 rings (SSSR count). The number of halogens is 4. The first-order valence-corrected chi connectivity index (χ1v) is 8.51. The molecule has 0 spiro atoms. The Labute approximate surface area is 155 Å². The van der Waals surface area contributed by atoms with Crippen molar-refractivity contribution in [3.05, 3.63) is 76.6 Å². The molecular weight excluding hydrogens is 407 g/mol. The van der Waals surface area contributed by atoms with Crippen molar-refractivity contribution >= 4 is 27.0 Å². The summed E-state index contributed by atoms with van der Waals surface area (Å²) in [6, 6.07) is 14.5. The number of alkyl halides is 2. The van der Waals surface area contributed by atoms with Gasteiger partial charge in [-0.15, -0.1) is 0 Å². The highest BCUT2D eigenvalue weighted by Crippen LogP contribution is 2.32. The first-order valence-electron chi connectivity index (χ1n) is 7.72. The molecule has 0 amide bonds. The Balaban J connectivity index is 1.99. The number of nitrogens with zero attached hydrogens (tertiary/aromatic N) is 3. The van der Waals surface area contributed by atoms with Crippen molar-refractivity contribution < 1.29 is 13.2 Å². The molecule has 0 aliphatic heterocycles. The van der Waals surface area contributed by atoms with Gasteiger partial charge in [0.25, 0.3) is 6.43 Å². The van der Waals surface area contributed by atoms with Crippen molar-refractivity contribution in [1.82, 2.24) is 14.8 Å². The van der Waals surface area contributed by atoms with Crippen LogP contribution in [0.15, 0.2) is 65.3 Å². The summed E-state index contributed by atoms with van der Waals surface area (Å²) in [5, 5.41) is 4.29. The highest BCUT2D eigenvalue weighted by atomic mass is 79.9. The van der Waals surface area contributed by atoms with Gasteiger partial charge in [-0.2, -0.15) is 5.10 Å². The van der Waals surface area contributed by atoms with E-state index in [1.54, 1.807) is 36.4 Å². The minimum absolute atomic E-state index is 0.156. The van der Waals surface area contributed by atoms with Crippen LogP contribution in [0.2, 0.25) is 0 Å². The fourth-order valence-electron chi connectivity index (χ4n) is 2.77. The van der Waals surface area contributed by atoms with Gasteiger partial charge in [-0.1, -0.05) is 40.2 Å². The van der Waals surface area contributed by atoms with Gasteiger partial charge >= 0.3 is 0 Å². The zero-order valence-electron chi connectivity index (χ0n) is 13.2. The summed E-state index contributed by atoms with van der Waals surface area (Å²) < 4.78 is 43.5. The lowest BCUT2D eigenvalue weighted by molar-refractivity contribution is 0.153. The van der Waals surface area contributed by atoms with E-state index in [1.165, 1.54) is 29.1 Å². The molecule has 26 heavy (non-hydrogen) atoms. The molecule has 0 radical (unpaired) electrons. The molecule has 0 bridgehead atoms. The third kappa shape index (κ3) is 2.88. The quantitative estimate of drug-likeness (QED) is 0.413. The van der Waals surface area contributed by atoms with Gasteiger partial charge in [-0.05, 0) is 30.3 Å². The number of pyridine rings is 1. The minimum atomic E-state index is -2.70. The summed E-state index contributed by atoms with van der Waals surface area (Å²) in [6.07, 6.45) is -1.41. The van der Waals surface area contributed by atoms with E-state index in [9.17, 15) is 13.2 Å². The van der Waals surface area contributed by atoms with Gasteiger partial charge in [0.2, 0.25) is 0 Å². The lowest BCUT2D eigenvalue weighted by Gasteiger charge is -2.09. The van der Waals surface area contributed by atoms with Gasteiger partial charge in [0, 0.05) is 21.0 Å². The second-order valence-electron chi connectivity index (χ2n) is 5.65. The first-order chi connectivity index (χ1) is 12.5. The van der Waals surface area contributed by atoms with Crippen LogP contribution >= 0.6 is 15.9 Å². The molecule has 0 N–H and O–H groups in total. The van der Waals surface area contributed by atoms with Gasteiger partial charge in [0.05, 0.1) is 11.9 Å². The molecule has 0 atom stereocenters. The van der Waals surface area contributed by atoms with Crippen molar-refractivity contribution in [3.63, 3.8) is 0 Å². The molecule has 2 aromatic heterocycles. The van der Waals surface area contributed by atoms with E-state index >= 15 is 0 Å². The topological polar surface area (TPSA) is 30.7 Å². The van der Waals surface area contributed by atoms with Crippen molar-refractivity contribution in [1.29, 1.82) is 0 Å². The second-order valence-corrected chi connectivity index (χ2v) is 6.57. The standard InChI is InChI=1S/C19H11BrF3N3/c20-12-7-5-11(6-8-12)16-9-13(18(22)23)14-10-24-26(19(14)25-16)17-4-2-1-3-15(17)21/h1-10,18H. The van der Waals surface area contributed by atoms with Gasteiger partial charge in [0.1, 0.15) is 11.5 Å². The molecule has 2 heterocycles. The number of para-hydroxylation sites is 1. The van der Waals surface area contributed by atoms with Crippen LogP contribution in [0.1, 0.15) is 12.0 Å². The maximum Gasteiger partial charge on any atom is 0.264 e. The molecular formula is C19H11BrF3N3. The Morgan fingerprint density at radius 2 is 1.73 bits per heavy atom. The van der Waals surface area contributed by atoms with E-state index in [2.05, 4.69) is 26.0 Å². The number of fused-ring (bicyclic) bond motifs is 1. The third-order valence-electron chi connectivity index (χ3n) is 4.03. The van der Waals surface area contributed by atoms with Crippen molar-refractivity contribution in [2.45, 2.75) is 6.43 Å². The normalized spacial score (nSPS) is 11.4. The van der Waals surface area contributed by atoms with Crippen LogP contribution in [0, 0.1) is 5.82 Å². The molecule has 0 saturated carbocycles. The van der Waals surface area contributed by atoms with Crippen LogP contribution in [0.5, 0.6) is 0 Å². The fourth-order valence-corrected chi connectivity index (χ4v) is 3.04. The maximum atomic E-state index is 14.2. The van der Waals surface area contributed by atoms with Crippen molar-refractivity contribution in [2.75, 3.05) is 0 Å². The summed E-state index contributed by atoms with van der Waals surface area (Å²) in [7, 11) is 0. The smallest absolute Gasteiger partial charge is 0.228 e. The van der Waals surface area contributed by atoms with Crippen LogP contribution in [0.25, 0.3) is 28.0 Å². The number of rotatable bonds is 3. The highest BCUT2D eigenvalue weighted by Gasteiger charge is 2.20. The average Bonchev–Trinajstić information content (AvgIpc) is 3.05. The summed E-state index contributed by atoms with van der Waals surface area (Å²) in [4.78, 5) is 4.48. The molecule has 0 fully saturated rings. The van der Waals surface area contributed by atoms with Gasteiger partial charge in [-0.25, -0.2) is 22.8 Å². The highest BCUT2D eigenvalue weighted by molar-refractivity contribution is 9.10. The fraction of sp³-hybridized carbons (Fsp3) is 0.0526. The van der Waals surface area contributed by atoms with E-state index in [0.29, 0.717) is 11.3 Å². The maximum absolute atomic E-state index is 14.2. The SMILES string of the molecule is Fc1ccccc1-n1ncc2c(C(F)F)cc(-c3ccc(Br)cc3)nc21. The zero-order chi connectivity index (χ0) is 18.3. The Hall–Kier alpha value is -2.67. The number of hydrogen-bond donors (Lipinski definition) is 0.